The molecule has 0 N–H and O–H groups in total. The zero-order valence-electron chi connectivity index (χ0n) is 19.7. The van der Waals surface area contributed by atoms with Gasteiger partial charge in [-0.05, 0) is 75.4 Å². The molecule has 1 aromatic rings. The number of urea groups is 1. The maximum absolute atomic E-state index is 13.0. The van der Waals surface area contributed by atoms with Crippen LogP contribution in [0.15, 0.2) is 18.2 Å². The van der Waals surface area contributed by atoms with Gasteiger partial charge in [-0.15, -0.1) is 0 Å². The van der Waals surface area contributed by atoms with Crippen molar-refractivity contribution in [3.05, 3.63) is 29.3 Å². The summed E-state index contributed by atoms with van der Waals surface area (Å²) < 4.78 is 5.47. The van der Waals surface area contributed by atoms with Gasteiger partial charge in [0.2, 0.25) is 0 Å². The van der Waals surface area contributed by atoms with Gasteiger partial charge in [0.05, 0.1) is 7.11 Å². The summed E-state index contributed by atoms with van der Waals surface area (Å²) in [5.74, 6) is 0.970. The molecule has 2 aliphatic heterocycles. The number of likely N-dealkylation sites (N-methyl/N-ethyl adjacent to an activating group) is 1. The Morgan fingerprint density at radius 1 is 1.00 bits per heavy atom. The highest BCUT2D eigenvalue weighted by Gasteiger charge is 2.33. The minimum absolute atomic E-state index is 0.257. The number of fused-ring (bicyclic) bond motifs is 1. The molecular formula is C25H40N4O2. The average molecular weight is 429 g/mol. The highest BCUT2D eigenvalue weighted by Crippen LogP contribution is 2.31. The molecule has 1 unspecified atom stereocenters. The molecule has 2 heterocycles. The largest absolute Gasteiger partial charge is 0.497 e. The Balaban J connectivity index is 1.36. The SMILES string of the molecule is CCCN(C1CCN(C(=O)N2CCN(C)CC2)CC1)C1CCc2ccc(OC)cc2C1. The molecule has 6 heteroatoms. The number of carbonyl (C=O) groups excluding carboxylic acids is 1. The zero-order valence-corrected chi connectivity index (χ0v) is 19.7. The number of likely N-dealkylation sites (tertiary alicyclic amines) is 1. The topological polar surface area (TPSA) is 39.3 Å². The fourth-order valence-electron chi connectivity index (χ4n) is 5.63. The number of piperidine rings is 1. The van der Waals surface area contributed by atoms with Crippen LogP contribution in [0.25, 0.3) is 0 Å². The van der Waals surface area contributed by atoms with Crippen LogP contribution in [0.5, 0.6) is 5.75 Å². The Hall–Kier alpha value is -1.79. The molecular weight excluding hydrogens is 388 g/mol. The first-order valence-electron chi connectivity index (χ1n) is 12.2. The molecule has 2 fully saturated rings. The second-order valence-corrected chi connectivity index (χ2v) is 9.56. The van der Waals surface area contributed by atoms with Crippen LogP contribution in [0, 0.1) is 0 Å². The number of aryl methyl sites for hydroxylation is 1. The molecule has 0 aromatic heterocycles. The van der Waals surface area contributed by atoms with Crippen molar-refractivity contribution in [3.63, 3.8) is 0 Å². The van der Waals surface area contributed by atoms with Gasteiger partial charge < -0.3 is 19.4 Å². The standard InChI is InChI=1S/C25H40N4O2/c1-4-11-29(23-7-5-20-6-8-24(31-3)19-21(20)18-23)22-9-12-27(13-10-22)25(30)28-16-14-26(2)15-17-28/h6,8,19,22-23H,4-5,7,9-18H2,1-3H3. The summed E-state index contributed by atoms with van der Waals surface area (Å²) in [6.07, 6.45) is 6.89. The maximum atomic E-state index is 13.0. The van der Waals surface area contributed by atoms with Crippen LogP contribution in [0.2, 0.25) is 0 Å². The summed E-state index contributed by atoms with van der Waals surface area (Å²) in [5.41, 5.74) is 2.94. The van der Waals surface area contributed by atoms with E-state index in [9.17, 15) is 4.79 Å². The molecule has 1 aromatic carbocycles. The number of methoxy groups -OCH3 is 1. The lowest BCUT2D eigenvalue weighted by Crippen LogP contribution is -2.56. The summed E-state index contributed by atoms with van der Waals surface area (Å²) in [4.78, 5) is 22.2. The summed E-state index contributed by atoms with van der Waals surface area (Å²) in [7, 11) is 3.89. The third kappa shape index (κ3) is 5.17. The Kier molecular flexibility index (Phi) is 7.39. The monoisotopic (exact) mass is 428 g/mol. The Morgan fingerprint density at radius 2 is 1.71 bits per heavy atom. The Bertz CT molecular complexity index is 739. The first kappa shape index (κ1) is 22.4. The van der Waals surface area contributed by atoms with E-state index in [0.717, 1.165) is 77.2 Å². The minimum atomic E-state index is 0.257. The van der Waals surface area contributed by atoms with Gasteiger partial charge in [0.1, 0.15) is 5.75 Å². The van der Waals surface area contributed by atoms with Crippen molar-refractivity contribution in [1.82, 2.24) is 19.6 Å². The van der Waals surface area contributed by atoms with Gasteiger partial charge >= 0.3 is 6.03 Å². The van der Waals surface area contributed by atoms with Crippen LogP contribution in [-0.4, -0.2) is 97.7 Å². The van der Waals surface area contributed by atoms with Gasteiger partial charge in [0.15, 0.2) is 0 Å². The lowest BCUT2D eigenvalue weighted by atomic mass is 9.86. The molecule has 0 spiro atoms. The van der Waals surface area contributed by atoms with Crippen molar-refractivity contribution in [3.8, 4) is 5.75 Å². The zero-order chi connectivity index (χ0) is 21.8. The van der Waals surface area contributed by atoms with E-state index in [1.165, 1.54) is 24.0 Å². The molecule has 1 atom stereocenters. The summed E-state index contributed by atoms with van der Waals surface area (Å²) >= 11 is 0. The Morgan fingerprint density at radius 3 is 2.39 bits per heavy atom. The van der Waals surface area contributed by atoms with Crippen molar-refractivity contribution in [1.29, 1.82) is 0 Å². The molecule has 2 amide bonds. The molecule has 0 bridgehead atoms. The smallest absolute Gasteiger partial charge is 0.320 e. The molecule has 2 saturated heterocycles. The van der Waals surface area contributed by atoms with Gasteiger partial charge in [-0.2, -0.15) is 0 Å². The van der Waals surface area contributed by atoms with Crippen molar-refractivity contribution >= 4 is 6.03 Å². The summed E-state index contributed by atoms with van der Waals surface area (Å²) in [6.45, 7) is 8.94. The number of amides is 2. The number of carbonyl (C=O) groups is 1. The Labute approximate surface area is 188 Å². The number of rotatable bonds is 5. The third-order valence-corrected chi connectivity index (χ3v) is 7.54. The quantitative estimate of drug-likeness (QED) is 0.723. The number of nitrogens with zero attached hydrogens (tertiary/aromatic N) is 4. The number of piperazine rings is 1. The van der Waals surface area contributed by atoms with Crippen LogP contribution in [0.3, 0.4) is 0 Å². The van der Waals surface area contributed by atoms with Gasteiger partial charge in [-0.25, -0.2) is 4.79 Å². The van der Waals surface area contributed by atoms with E-state index >= 15 is 0 Å². The van der Waals surface area contributed by atoms with Crippen LogP contribution < -0.4 is 4.74 Å². The van der Waals surface area contributed by atoms with E-state index in [1.807, 2.05) is 0 Å². The van der Waals surface area contributed by atoms with Crippen LogP contribution in [0.1, 0.15) is 43.7 Å². The van der Waals surface area contributed by atoms with Crippen molar-refractivity contribution < 1.29 is 9.53 Å². The summed E-state index contributed by atoms with van der Waals surface area (Å²) in [5, 5.41) is 0. The predicted molar refractivity (Wildman–Crippen MR) is 125 cm³/mol. The molecule has 31 heavy (non-hydrogen) atoms. The second-order valence-electron chi connectivity index (χ2n) is 9.56. The molecule has 4 rings (SSSR count). The number of hydrogen-bond acceptors (Lipinski definition) is 4. The molecule has 6 nitrogen and oxygen atoms in total. The maximum Gasteiger partial charge on any atom is 0.320 e. The van der Waals surface area contributed by atoms with Gasteiger partial charge in [0.25, 0.3) is 0 Å². The molecule has 172 valence electrons. The molecule has 0 radical (unpaired) electrons. The number of hydrogen-bond donors (Lipinski definition) is 0. The molecule has 0 saturated carbocycles. The van der Waals surface area contributed by atoms with E-state index in [0.29, 0.717) is 12.1 Å². The van der Waals surface area contributed by atoms with E-state index in [1.54, 1.807) is 7.11 Å². The lowest BCUT2D eigenvalue weighted by Gasteiger charge is -2.45. The van der Waals surface area contributed by atoms with Gasteiger partial charge in [-0.3, -0.25) is 4.90 Å². The number of benzene rings is 1. The van der Waals surface area contributed by atoms with Crippen molar-refractivity contribution in [2.24, 2.45) is 0 Å². The van der Waals surface area contributed by atoms with Gasteiger partial charge in [0, 0.05) is 51.4 Å². The fraction of sp³-hybridized carbons (Fsp3) is 0.720. The first-order chi connectivity index (χ1) is 15.1. The van der Waals surface area contributed by atoms with Crippen molar-refractivity contribution in [2.45, 2.75) is 57.5 Å². The van der Waals surface area contributed by atoms with E-state index in [4.69, 9.17) is 4.74 Å². The highest BCUT2D eigenvalue weighted by atomic mass is 16.5. The van der Waals surface area contributed by atoms with Crippen molar-refractivity contribution in [2.75, 3.05) is 60.0 Å². The normalized spacial score (nSPS) is 23.2. The second kappa shape index (κ2) is 10.2. The lowest BCUT2D eigenvalue weighted by molar-refractivity contribution is 0.0633. The average Bonchev–Trinajstić information content (AvgIpc) is 2.82. The van der Waals surface area contributed by atoms with Crippen LogP contribution in [-0.2, 0) is 12.8 Å². The van der Waals surface area contributed by atoms with E-state index in [2.05, 4.69) is 51.8 Å². The molecule has 1 aliphatic carbocycles. The van der Waals surface area contributed by atoms with E-state index in [-0.39, 0.29) is 6.03 Å². The first-order valence-corrected chi connectivity index (χ1v) is 12.2. The predicted octanol–water partition coefficient (Wildman–Crippen LogP) is 3.10. The molecule has 3 aliphatic rings. The van der Waals surface area contributed by atoms with Crippen LogP contribution in [0.4, 0.5) is 4.79 Å². The minimum Gasteiger partial charge on any atom is -0.497 e. The third-order valence-electron chi connectivity index (χ3n) is 7.54. The summed E-state index contributed by atoms with van der Waals surface area (Å²) in [6, 6.07) is 8.03. The fourth-order valence-corrected chi connectivity index (χ4v) is 5.63. The van der Waals surface area contributed by atoms with Gasteiger partial charge in [-0.1, -0.05) is 13.0 Å². The van der Waals surface area contributed by atoms with Crippen LogP contribution >= 0.6 is 0 Å². The number of ether oxygens (including phenoxy) is 1. The highest BCUT2D eigenvalue weighted by molar-refractivity contribution is 5.74. The van der Waals surface area contributed by atoms with E-state index < -0.39 is 0 Å².